The second kappa shape index (κ2) is 7.87. The van der Waals surface area contributed by atoms with Gasteiger partial charge in [-0.25, -0.2) is 0 Å². The van der Waals surface area contributed by atoms with Crippen LogP contribution in [0, 0.1) is 5.92 Å². The number of anilines is 1. The zero-order chi connectivity index (χ0) is 15.1. The van der Waals surface area contributed by atoms with Gasteiger partial charge in [0.25, 0.3) is 0 Å². The van der Waals surface area contributed by atoms with E-state index in [2.05, 4.69) is 80.7 Å². The van der Waals surface area contributed by atoms with E-state index in [1.165, 1.54) is 36.1 Å². The summed E-state index contributed by atoms with van der Waals surface area (Å²) in [4.78, 5) is 0. The van der Waals surface area contributed by atoms with Crippen molar-refractivity contribution in [1.82, 2.24) is 0 Å². The van der Waals surface area contributed by atoms with E-state index in [-0.39, 0.29) is 0 Å². The Balaban J connectivity index is 2.02. The van der Waals surface area contributed by atoms with E-state index in [1.54, 1.807) is 0 Å². The maximum Gasteiger partial charge on any atom is 0.0342 e. The van der Waals surface area contributed by atoms with E-state index >= 15 is 0 Å². The van der Waals surface area contributed by atoms with Crippen molar-refractivity contribution in [2.24, 2.45) is 5.92 Å². The van der Waals surface area contributed by atoms with E-state index in [1.807, 2.05) is 0 Å². The summed E-state index contributed by atoms with van der Waals surface area (Å²) in [5.74, 6) is 0.783. The van der Waals surface area contributed by atoms with Crippen molar-refractivity contribution >= 4 is 5.69 Å². The molecule has 1 heteroatoms. The molecular formula is C20H27N. The molecule has 112 valence electrons. The zero-order valence-corrected chi connectivity index (χ0v) is 13.5. The summed E-state index contributed by atoms with van der Waals surface area (Å²) >= 11 is 0. The van der Waals surface area contributed by atoms with Crippen molar-refractivity contribution in [3.8, 4) is 11.1 Å². The predicted molar refractivity (Wildman–Crippen MR) is 93.7 cm³/mol. The second-order valence-corrected chi connectivity index (χ2v) is 5.94. The van der Waals surface area contributed by atoms with E-state index in [0.29, 0.717) is 6.04 Å². The van der Waals surface area contributed by atoms with Crippen LogP contribution in [0.25, 0.3) is 11.1 Å². The van der Waals surface area contributed by atoms with Crippen molar-refractivity contribution in [3.05, 3.63) is 54.6 Å². The van der Waals surface area contributed by atoms with Crippen LogP contribution < -0.4 is 5.32 Å². The highest BCUT2D eigenvalue weighted by molar-refractivity contribution is 5.65. The number of nitrogens with one attached hydrogen (secondary N) is 1. The SMILES string of the molecule is CCC(C)CC(CC)Nc1ccc(-c2ccccc2)cc1. The molecule has 0 aliphatic rings. The lowest BCUT2D eigenvalue weighted by Gasteiger charge is -2.21. The third-order valence-corrected chi connectivity index (χ3v) is 4.24. The van der Waals surface area contributed by atoms with Crippen LogP contribution in [0.1, 0.15) is 40.0 Å². The van der Waals surface area contributed by atoms with Crippen LogP contribution in [0.3, 0.4) is 0 Å². The molecule has 1 N–H and O–H groups in total. The van der Waals surface area contributed by atoms with Crippen LogP contribution in [0.15, 0.2) is 54.6 Å². The minimum Gasteiger partial charge on any atom is -0.382 e. The molecule has 0 saturated heterocycles. The quantitative estimate of drug-likeness (QED) is 0.658. The third-order valence-electron chi connectivity index (χ3n) is 4.24. The molecule has 0 spiro atoms. The Morgan fingerprint density at radius 2 is 1.43 bits per heavy atom. The molecule has 0 aliphatic heterocycles. The highest BCUT2D eigenvalue weighted by Crippen LogP contribution is 2.22. The average Bonchev–Trinajstić information content (AvgIpc) is 2.55. The molecule has 2 aromatic rings. The molecule has 0 radical (unpaired) electrons. The van der Waals surface area contributed by atoms with Gasteiger partial charge in [0.05, 0.1) is 0 Å². The summed E-state index contributed by atoms with van der Waals surface area (Å²) in [5.41, 5.74) is 3.77. The van der Waals surface area contributed by atoms with E-state index in [9.17, 15) is 0 Å². The molecule has 0 aliphatic carbocycles. The number of benzene rings is 2. The third kappa shape index (κ3) is 4.63. The van der Waals surface area contributed by atoms with E-state index in [4.69, 9.17) is 0 Å². The Bertz CT molecular complexity index is 515. The molecule has 2 atom stereocenters. The van der Waals surface area contributed by atoms with Crippen molar-refractivity contribution in [2.45, 2.75) is 46.1 Å². The number of hydrogen-bond acceptors (Lipinski definition) is 1. The summed E-state index contributed by atoms with van der Waals surface area (Å²) in [6.45, 7) is 6.87. The fourth-order valence-corrected chi connectivity index (χ4v) is 2.61. The molecule has 0 saturated carbocycles. The summed E-state index contributed by atoms with van der Waals surface area (Å²) in [6, 6.07) is 19.9. The lowest BCUT2D eigenvalue weighted by Crippen LogP contribution is -2.21. The Morgan fingerprint density at radius 1 is 0.810 bits per heavy atom. The van der Waals surface area contributed by atoms with Crippen LogP contribution in [0.4, 0.5) is 5.69 Å². The molecule has 2 aromatic carbocycles. The molecule has 0 aromatic heterocycles. The maximum absolute atomic E-state index is 3.67. The van der Waals surface area contributed by atoms with Crippen LogP contribution in [0.5, 0.6) is 0 Å². The maximum atomic E-state index is 3.67. The van der Waals surface area contributed by atoms with Gasteiger partial charge in [0, 0.05) is 11.7 Å². The summed E-state index contributed by atoms with van der Waals surface area (Å²) < 4.78 is 0. The fourth-order valence-electron chi connectivity index (χ4n) is 2.61. The molecule has 0 heterocycles. The first-order valence-corrected chi connectivity index (χ1v) is 8.15. The van der Waals surface area contributed by atoms with Gasteiger partial charge in [-0.3, -0.25) is 0 Å². The molecule has 1 nitrogen and oxygen atoms in total. The minimum absolute atomic E-state index is 0.572. The summed E-state index contributed by atoms with van der Waals surface area (Å²) in [5, 5.41) is 3.67. The largest absolute Gasteiger partial charge is 0.382 e. The van der Waals surface area contributed by atoms with E-state index < -0.39 is 0 Å². The molecule has 2 unspecified atom stereocenters. The normalized spacial score (nSPS) is 13.7. The van der Waals surface area contributed by atoms with Gasteiger partial charge >= 0.3 is 0 Å². The van der Waals surface area contributed by atoms with Gasteiger partial charge in [-0.2, -0.15) is 0 Å². The number of hydrogen-bond donors (Lipinski definition) is 1. The smallest absolute Gasteiger partial charge is 0.0342 e. The molecule has 2 rings (SSSR count). The molecule has 0 bridgehead atoms. The first kappa shape index (κ1) is 15.6. The lowest BCUT2D eigenvalue weighted by atomic mass is 9.97. The van der Waals surface area contributed by atoms with Crippen molar-refractivity contribution < 1.29 is 0 Å². The Hall–Kier alpha value is -1.76. The lowest BCUT2D eigenvalue weighted by molar-refractivity contribution is 0.462. The van der Waals surface area contributed by atoms with Crippen molar-refractivity contribution in [3.63, 3.8) is 0 Å². The van der Waals surface area contributed by atoms with Crippen molar-refractivity contribution in [2.75, 3.05) is 5.32 Å². The molecule has 21 heavy (non-hydrogen) atoms. The Kier molecular flexibility index (Phi) is 5.86. The Morgan fingerprint density at radius 3 is 2.00 bits per heavy atom. The van der Waals surface area contributed by atoms with Gasteiger partial charge in [0.2, 0.25) is 0 Å². The highest BCUT2D eigenvalue weighted by atomic mass is 14.9. The highest BCUT2D eigenvalue weighted by Gasteiger charge is 2.10. The standard InChI is InChI=1S/C20H27N/c1-4-16(3)15-19(5-2)21-20-13-11-18(12-14-20)17-9-7-6-8-10-17/h6-14,16,19,21H,4-5,15H2,1-3H3. The number of rotatable bonds is 7. The minimum atomic E-state index is 0.572. The average molecular weight is 281 g/mol. The van der Waals surface area contributed by atoms with Gasteiger partial charge < -0.3 is 5.32 Å². The van der Waals surface area contributed by atoms with Crippen LogP contribution in [0.2, 0.25) is 0 Å². The van der Waals surface area contributed by atoms with Gasteiger partial charge in [-0.15, -0.1) is 0 Å². The van der Waals surface area contributed by atoms with Gasteiger partial charge in [0.1, 0.15) is 0 Å². The predicted octanol–water partition coefficient (Wildman–Crippen LogP) is 5.98. The summed E-state index contributed by atoms with van der Waals surface area (Å²) in [6.07, 6.45) is 3.67. The summed E-state index contributed by atoms with van der Waals surface area (Å²) in [7, 11) is 0. The Labute approximate surface area is 129 Å². The van der Waals surface area contributed by atoms with Crippen LogP contribution in [-0.4, -0.2) is 6.04 Å². The van der Waals surface area contributed by atoms with Gasteiger partial charge in [-0.1, -0.05) is 69.7 Å². The topological polar surface area (TPSA) is 12.0 Å². The van der Waals surface area contributed by atoms with Crippen LogP contribution >= 0.6 is 0 Å². The van der Waals surface area contributed by atoms with E-state index in [0.717, 1.165) is 5.92 Å². The molecule has 0 amide bonds. The molecular weight excluding hydrogens is 254 g/mol. The zero-order valence-electron chi connectivity index (χ0n) is 13.5. The van der Waals surface area contributed by atoms with Gasteiger partial charge in [-0.05, 0) is 42.0 Å². The first-order valence-electron chi connectivity index (χ1n) is 8.15. The monoisotopic (exact) mass is 281 g/mol. The molecule has 0 fully saturated rings. The van der Waals surface area contributed by atoms with Gasteiger partial charge in [0.15, 0.2) is 0 Å². The van der Waals surface area contributed by atoms with Crippen molar-refractivity contribution in [1.29, 1.82) is 0 Å². The van der Waals surface area contributed by atoms with Crippen LogP contribution in [-0.2, 0) is 0 Å². The first-order chi connectivity index (χ1) is 10.2. The fraction of sp³-hybridized carbons (Fsp3) is 0.400. The second-order valence-electron chi connectivity index (χ2n) is 5.94.